The van der Waals surface area contributed by atoms with Crippen LogP contribution < -0.4 is 10.6 Å². The monoisotopic (exact) mass is 369 g/mol. The summed E-state index contributed by atoms with van der Waals surface area (Å²) in [7, 11) is 1.78. The molecule has 0 aliphatic carbocycles. The molecule has 0 fully saturated rings. The molecule has 2 heterocycles. The highest BCUT2D eigenvalue weighted by molar-refractivity contribution is 5.79. The topological polar surface area (TPSA) is 65.7 Å². The number of benzene rings is 1. The van der Waals surface area contributed by atoms with Crippen LogP contribution in [0.25, 0.3) is 0 Å². The number of hydrogen-bond acceptors (Lipinski definition) is 4. The number of aliphatic imine (C=N–C) groups is 1. The Morgan fingerprint density at radius 1 is 1.22 bits per heavy atom. The van der Waals surface area contributed by atoms with E-state index in [0.29, 0.717) is 12.4 Å². The number of rotatable bonds is 5. The van der Waals surface area contributed by atoms with E-state index in [-0.39, 0.29) is 5.54 Å². The quantitative estimate of drug-likeness (QED) is 0.627. The van der Waals surface area contributed by atoms with Gasteiger partial charge in [-0.25, -0.2) is 4.98 Å². The SMILES string of the molecule is CN=C(NCc1nc(C)c(C)o1)NCC(C)(C)N1CCc2ccccc2C1. The Labute approximate surface area is 162 Å². The minimum absolute atomic E-state index is 0.0151. The van der Waals surface area contributed by atoms with Crippen molar-refractivity contribution in [1.82, 2.24) is 20.5 Å². The van der Waals surface area contributed by atoms with Gasteiger partial charge in [0.2, 0.25) is 5.89 Å². The van der Waals surface area contributed by atoms with E-state index in [9.17, 15) is 0 Å². The Morgan fingerprint density at radius 3 is 2.63 bits per heavy atom. The van der Waals surface area contributed by atoms with Gasteiger partial charge in [-0.3, -0.25) is 9.89 Å². The van der Waals surface area contributed by atoms with E-state index in [4.69, 9.17) is 4.42 Å². The summed E-state index contributed by atoms with van der Waals surface area (Å²) >= 11 is 0. The van der Waals surface area contributed by atoms with Crippen molar-refractivity contribution in [1.29, 1.82) is 0 Å². The molecule has 0 spiro atoms. The Kier molecular flexibility index (Phi) is 5.85. The molecule has 0 amide bonds. The predicted molar refractivity (Wildman–Crippen MR) is 109 cm³/mol. The molecule has 2 N–H and O–H groups in total. The summed E-state index contributed by atoms with van der Waals surface area (Å²) < 4.78 is 5.62. The molecule has 2 aromatic rings. The summed E-state index contributed by atoms with van der Waals surface area (Å²) in [5, 5.41) is 6.73. The molecule has 0 unspecified atom stereocenters. The first kappa shape index (κ1) is 19.4. The Hall–Kier alpha value is -2.34. The zero-order chi connectivity index (χ0) is 19.4. The fraction of sp³-hybridized carbons (Fsp3) is 0.524. The van der Waals surface area contributed by atoms with Gasteiger partial charge in [-0.15, -0.1) is 0 Å². The van der Waals surface area contributed by atoms with Crippen LogP contribution in [0.2, 0.25) is 0 Å². The van der Waals surface area contributed by atoms with Gasteiger partial charge in [-0.05, 0) is 45.2 Å². The third kappa shape index (κ3) is 4.69. The van der Waals surface area contributed by atoms with Crippen LogP contribution in [0.1, 0.15) is 42.3 Å². The van der Waals surface area contributed by atoms with E-state index in [2.05, 4.69) is 63.6 Å². The number of fused-ring (bicyclic) bond motifs is 1. The van der Waals surface area contributed by atoms with Crippen molar-refractivity contribution in [3.8, 4) is 0 Å². The van der Waals surface area contributed by atoms with Gasteiger partial charge < -0.3 is 15.1 Å². The molecule has 0 radical (unpaired) electrons. The third-order valence-corrected chi connectivity index (χ3v) is 5.38. The summed E-state index contributed by atoms with van der Waals surface area (Å²) in [5.74, 6) is 2.30. The van der Waals surface area contributed by atoms with Crippen LogP contribution >= 0.6 is 0 Å². The molecule has 1 aromatic carbocycles. The van der Waals surface area contributed by atoms with Gasteiger partial charge in [0.1, 0.15) is 5.76 Å². The molecule has 1 aliphatic heterocycles. The average Bonchev–Trinajstić information content (AvgIpc) is 2.99. The summed E-state index contributed by atoms with van der Waals surface area (Å²) in [6.45, 7) is 11.8. The van der Waals surface area contributed by atoms with Crippen LogP contribution in [-0.2, 0) is 19.5 Å². The summed E-state index contributed by atoms with van der Waals surface area (Å²) in [6.07, 6.45) is 1.11. The lowest BCUT2D eigenvalue weighted by molar-refractivity contribution is 0.107. The number of guanidine groups is 1. The van der Waals surface area contributed by atoms with Crippen molar-refractivity contribution >= 4 is 5.96 Å². The van der Waals surface area contributed by atoms with Crippen molar-refractivity contribution in [3.05, 3.63) is 52.7 Å². The number of oxazole rings is 1. The summed E-state index contributed by atoms with van der Waals surface area (Å²) in [5.41, 5.74) is 3.86. The van der Waals surface area contributed by atoms with Crippen molar-refractivity contribution in [2.75, 3.05) is 20.1 Å². The van der Waals surface area contributed by atoms with Gasteiger partial charge in [-0.1, -0.05) is 24.3 Å². The lowest BCUT2D eigenvalue weighted by atomic mass is 9.94. The van der Waals surface area contributed by atoms with E-state index in [0.717, 1.165) is 43.5 Å². The summed E-state index contributed by atoms with van der Waals surface area (Å²) in [4.78, 5) is 11.3. The molecule has 1 aliphatic rings. The molecule has 6 heteroatoms. The molecule has 6 nitrogen and oxygen atoms in total. The largest absolute Gasteiger partial charge is 0.444 e. The number of nitrogens with zero attached hydrogens (tertiary/aromatic N) is 3. The first-order valence-electron chi connectivity index (χ1n) is 9.58. The second kappa shape index (κ2) is 8.13. The molecular weight excluding hydrogens is 338 g/mol. The highest BCUT2D eigenvalue weighted by Crippen LogP contribution is 2.24. The maximum absolute atomic E-state index is 5.62. The lowest BCUT2D eigenvalue weighted by Gasteiger charge is -2.42. The zero-order valence-corrected chi connectivity index (χ0v) is 17.1. The molecule has 1 aromatic heterocycles. The molecule has 0 bridgehead atoms. The van der Waals surface area contributed by atoms with Gasteiger partial charge in [0, 0.05) is 32.2 Å². The first-order chi connectivity index (χ1) is 12.9. The standard InChI is InChI=1S/C21H31N5O/c1-15-16(2)27-19(25-15)12-23-20(22-5)24-14-21(3,4)26-11-10-17-8-6-7-9-18(17)13-26/h6-9H,10-14H2,1-5H3,(H2,22,23,24). The van der Waals surface area contributed by atoms with E-state index in [1.807, 2.05) is 13.8 Å². The normalized spacial score (nSPS) is 15.5. The second-order valence-electron chi connectivity index (χ2n) is 7.78. The highest BCUT2D eigenvalue weighted by atomic mass is 16.4. The van der Waals surface area contributed by atoms with Crippen LogP contribution in [0.4, 0.5) is 0 Å². The van der Waals surface area contributed by atoms with Gasteiger partial charge in [0.25, 0.3) is 0 Å². The number of nitrogens with one attached hydrogen (secondary N) is 2. The van der Waals surface area contributed by atoms with Gasteiger partial charge in [0.15, 0.2) is 5.96 Å². The Balaban J connectivity index is 1.54. The maximum Gasteiger partial charge on any atom is 0.214 e. The maximum atomic E-state index is 5.62. The third-order valence-electron chi connectivity index (χ3n) is 5.38. The van der Waals surface area contributed by atoms with Crippen molar-refractivity contribution in [2.24, 2.45) is 4.99 Å². The number of aromatic nitrogens is 1. The molecule has 3 rings (SSSR count). The second-order valence-corrected chi connectivity index (χ2v) is 7.78. The van der Waals surface area contributed by atoms with Crippen LogP contribution in [0.5, 0.6) is 0 Å². The van der Waals surface area contributed by atoms with E-state index in [1.165, 1.54) is 11.1 Å². The summed E-state index contributed by atoms with van der Waals surface area (Å²) in [6, 6.07) is 8.75. The van der Waals surface area contributed by atoms with Gasteiger partial charge in [-0.2, -0.15) is 0 Å². The van der Waals surface area contributed by atoms with Crippen LogP contribution in [0, 0.1) is 13.8 Å². The van der Waals surface area contributed by atoms with Gasteiger partial charge >= 0.3 is 0 Å². The predicted octanol–water partition coefficient (Wildman–Crippen LogP) is 2.79. The molecule has 0 saturated carbocycles. The van der Waals surface area contributed by atoms with Gasteiger partial charge in [0.05, 0.1) is 12.2 Å². The van der Waals surface area contributed by atoms with Crippen molar-refractivity contribution < 1.29 is 4.42 Å². The first-order valence-corrected chi connectivity index (χ1v) is 9.58. The molecule has 0 atom stereocenters. The van der Waals surface area contributed by atoms with Crippen molar-refractivity contribution in [2.45, 2.75) is 52.7 Å². The van der Waals surface area contributed by atoms with E-state index < -0.39 is 0 Å². The molecular formula is C21H31N5O. The minimum atomic E-state index is 0.0151. The minimum Gasteiger partial charge on any atom is -0.444 e. The molecule has 146 valence electrons. The average molecular weight is 370 g/mol. The smallest absolute Gasteiger partial charge is 0.214 e. The van der Waals surface area contributed by atoms with Crippen LogP contribution in [-0.4, -0.2) is 41.5 Å². The van der Waals surface area contributed by atoms with Crippen LogP contribution in [0.3, 0.4) is 0 Å². The molecule has 0 saturated heterocycles. The molecule has 27 heavy (non-hydrogen) atoms. The Bertz CT molecular complexity index is 789. The number of hydrogen-bond donors (Lipinski definition) is 2. The van der Waals surface area contributed by atoms with E-state index >= 15 is 0 Å². The Morgan fingerprint density at radius 2 is 1.96 bits per heavy atom. The highest BCUT2D eigenvalue weighted by Gasteiger charge is 2.29. The number of aryl methyl sites for hydroxylation is 2. The fourth-order valence-electron chi connectivity index (χ4n) is 3.42. The lowest BCUT2D eigenvalue weighted by Crippen LogP contribution is -2.54. The van der Waals surface area contributed by atoms with Crippen LogP contribution in [0.15, 0.2) is 33.7 Å². The van der Waals surface area contributed by atoms with E-state index in [1.54, 1.807) is 7.05 Å². The zero-order valence-electron chi connectivity index (χ0n) is 17.1. The van der Waals surface area contributed by atoms with Crippen molar-refractivity contribution in [3.63, 3.8) is 0 Å². The fourth-order valence-corrected chi connectivity index (χ4v) is 3.42.